The van der Waals surface area contributed by atoms with E-state index in [4.69, 9.17) is 19.9 Å². The molecule has 4 aromatic rings. The van der Waals surface area contributed by atoms with E-state index in [1.54, 1.807) is 13.4 Å². The number of hydrogen-bond donors (Lipinski definition) is 1. The fraction of sp³-hybridized carbons (Fsp3) is 0.444. The van der Waals surface area contributed by atoms with Gasteiger partial charge in [-0.15, -0.1) is 0 Å². The van der Waals surface area contributed by atoms with E-state index < -0.39 is 5.79 Å². The highest BCUT2D eigenvalue weighted by atomic mass is 16.8. The van der Waals surface area contributed by atoms with Gasteiger partial charge in [-0.1, -0.05) is 12.1 Å². The van der Waals surface area contributed by atoms with Gasteiger partial charge in [0, 0.05) is 11.6 Å². The molecule has 182 valence electrons. The van der Waals surface area contributed by atoms with Crippen molar-refractivity contribution in [1.29, 1.82) is 0 Å². The highest BCUT2D eigenvalue weighted by Gasteiger charge is 2.54. The third-order valence-electron chi connectivity index (χ3n) is 7.49. The largest absolute Gasteiger partial charge is 0.480 e. The van der Waals surface area contributed by atoms with Gasteiger partial charge < -0.3 is 24.5 Å². The third-order valence-corrected chi connectivity index (χ3v) is 7.49. The van der Waals surface area contributed by atoms with Gasteiger partial charge in [0.15, 0.2) is 5.79 Å². The van der Waals surface area contributed by atoms with Gasteiger partial charge in [-0.2, -0.15) is 0 Å². The maximum atomic E-state index is 6.44. The normalized spacial score (nSPS) is 25.4. The Morgan fingerprint density at radius 1 is 1.14 bits per heavy atom. The zero-order chi connectivity index (χ0) is 24.3. The first kappa shape index (κ1) is 22.2. The molecule has 3 aromatic heterocycles. The molecule has 1 saturated heterocycles. The standard InChI is InChI=1S/C27H31N5O3/c1-15-11-17-7-5-16(12-20(17)31-24(15)28)6-8-18-13-21(23-22(18)34-27(2,3)35-23)32-10-9-19-25(32)29-14-30-26(19)33-4/h5,7,9-12,14,18,21-23H,6,8,13H2,1-4H3,(H2,28,31)/t18-,21+,22+,23-/m0/s1. The molecule has 0 spiro atoms. The molecule has 4 heterocycles. The fourth-order valence-corrected chi connectivity index (χ4v) is 5.83. The number of aromatic nitrogens is 4. The minimum absolute atomic E-state index is 0.0346. The van der Waals surface area contributed by atoms with Gasteiger partial charge in [0.05, 0.1) is 30.2 Å². The number of nitrogen functional groups attached to an aromatic ring is 1. The molecule has 2 fully saturated rings. The van der Waals surface area contributed by atoms with Gasteiger partial charge in [0.2, 0.25) is 5.88 Å². The molecule has 1 saturated carbocycles. The number of nitrogens with two attached hydrogens (primary N) is 1. The summed E-state index contributed by atoms with van der Waals surface area (Å²) >= 11 is 0. The maximum absolute atomic E-state index is 6.44. The number of anilines is 1. The van der Waals surface area contributed by atoms with E-state index >= 15 is 0 Å². The van der Waals surface area contributed by atoms with Crippen molar-refractivity contribution in [2.24, 2.45) is 5.92 Å². The first-order valence-corrected chi connectivity index (χ1v) is 12.2. The second-order valence-corrected chi connectivity index (χ2v) is 10.2. The Bertz CT molecular complexity index is 1410. The lowest BCUT2D eigenvalue weighted by Gasteiger charge is -2.24. The average molecular weight is 474 g/mol. The first-order valence-electron chi connectivity index (χ1n) is 12.2. The lowest BCUT2D eigenvalue weighted by Crippen LogP contribution is -2.27. The van der Waals surface area contributed by atoms with Gasteiger partial charge in [0.1, 0.15) is 23.9 Å². The molecular weight excluding hydrogens is 442 g/mol. The minimum atomic E-state index is -0.607. The lowest BCUT2D eigenvalue weighted by atomic mass is 9.95. The van der Waals surface area contributed by atoms with Crippen LogP contribution in [0.3, 0.4) is 0 Å². The molecule has 1 aliphatic heterocycles. The number of fused-ring (bicyclic) bond motifs is 3. The predicted molar refractivity (Wildman–Crippen MR) is 134 cm³/mol. The van der Waals surface area contributed by atoms with Gasteiger partial charge in [-0.3, -0.25) is 0 Å². The van der Waals surface area contributed by atoms with Crippen LogP contribution in [0.5, 0.6) is 5.88 Å². The highest BCUT2D eigenvalue weighted by Crippen LogP contribution is 2.49. The van der Waals surface area contributed by atoms with Gasteiger partial charge in [-0.05, 0) is 75.3 Å². The summed E-state index contributed by atoms with van der Waals surface area (Å²) in [4.78, 5) is 13.4. The number of benzene rings is 1. The van der Waals surface area contributed by atoms with Gasteiger partial charge in [0.25, 0.3) is 0 Å². The van der Waals surface area contributed by atoms with Crippen molar-refractivity contribution in [1.82, 2.24) is 19.5 Å². The molecule has 0 unspecified atom stereocenters. The van der Waals surface area contributed by atoms with Crippen LogP contribution in [-0.4, -0.2) is 44.6 Å². The summed E-state index contributed by atoms with van der Waals surface area (Å²) in [7, 11) is 1.63. The van der Waals surface area contributed by atoms with Crippen molar-refractivity contribution < 1.29 is 14.2 Å². The fourth-order valence-electron chi connectivity index (χ4n) is 5.83. The summed E-state index contributed by atoms with van der Waals surface area (Å²) in [5, 5.41) is 2.03. The number of pyridine rings is 1. The molecule has 1 aliphatic carbocycles. The quantitative estimate of drug-likeness (QED) is 0.453. The molecule has 4 atom stereocenters. The second-order valence-electron chi connectivity index (χ2n) is 10.2. The monoisotopic (exact) mass is 473 g/mol. The van der Waals surface area contributed by atoms with E-state index in [0.717, 1.165) is 46.8 Å². The van der Waals surface area contributed by atoms with Crippen LogP contribution in [0, 0.1) is 12.8 Å². The Hall–Kier alpha value is -3.23. The summed E-state index contributed by atoms with van der Waals surface area (Å²) in [6.07, 6.45) is 6.53. The Morgan fingerprint density at radius 2 is 1.97 bits per heavy atom. The lowest BCUT2D eigenvalue weighted by molar-refractivity contribution is -0.160. The Morgan fingerprint density at radius 3 is 2.80 bits per heavy atom. The molecule has 1 aromatic carbocycles. The van der Waals surface area contributed by atoms with E-state index in [2.05, 4.69) is 50.0 Å². The number of methoxy groups -OCH3 is 1. The average Bonchev–Trinajstić information content (AvgIpc) is 3.49. The summed E-state index contributed by atoms with van der Waals surface area (Å²) in [5.74, 6) is 0.933. The van der Waals surface area contributed by atoms with Crippen LogP contribution in [-0.2, 0) is 15.9 Å². The Kier molecular flexibility index (Phi) is 5.19. The number of nitrogens with zero attached hydrogens (tertiary/aromatic N) is 4. The van der Waals surface area contributed by atoms with E-state index in [9.17, 15) is 0 Å². The van der Waals surface area contributed by atoms with Crippen molar-refractivity contribution in [3.8, 4) is 5.88 Å². The van der Waals surface area contributed by atoms with E-state index in [0.29, 0.717) is 17.6 Å². The molecule has 35 heavy (non-hydrogen) atoms. The van der Waals surface area contributed by atoms with Crippen molar-refractivity contribution in [2.75, 3.05) is 12.8 Å². The van der Waals surface area contributed by atoms with Crippen LogP contribution in [0.1, 0.15) is 43.9 Å². The maximum Gasteiger partial charge on any atom is 0.225 e. The van der Waals surface area contributed by atoms with Crippen LogP contribution in [0.25, 0.3) is 21.9 Å². The summed E-state index contributed by atoms with van der Waals surface area (Å²) in [6.45, 7) is 5.99. The number of hydrogen-bond acceptors (Lipinski definition) is 7. The molecule has 6 rings (SSSR count). The van der Waals surface area contributed by atoms with Crippen LogP contribution in [0.4, 0.5) is 5.82 Å². The zero-order valence-corrected chi connectivity index (χ0v) is 20.6. The Labute approximate surface area is 204 Å². The van der Waals surface area contributed by atoms with Crippen LogP contribution < -0.4 is 10.5 Å². The van der Waals surface area contributed by atoms with Crippen molar-refractivity contribution in [3.63, 3.8) is 0 Å². The molecule has 8 nitrogen and oxygen atoms in total. The number of aryl methyl sites for hydroxylation is 2. The molecule has 0 amide bonds. The SMILES string of the molecule is COc1ncnc2c1ccn2[C@@H]1C[C@H](CCc2ccc3cc(C)c(N)nc3c2)[C@H]2OC(C)(C)O[C@H]21. The van der Waals surface area contributed by atoms with Gasteiger partial charge >= 0.3 is 0 Å². The minimum Gasteiger partial charge on any atom is -0.480 e. The van der Waals surface area contributed by atoms with Gasteiger partial charge in [-0.25, -0.2) is 15.0 Å². The molecular formula is C27H31N5O3. The first-order chi connectivity index (χ1) is 16.8. The summed E-state index contributed by atoms with van der Waals surface area (Å²) in [6, 6.07) is 10.7. The molecule has 0 bridgehead atoms. The second kappa shape index (κ2) is 8.17. The Balaban J connectivity index is 1.27. The molecule has 2 aliphatic rings. The zero-order valence-electron chi connectivity index (χ0n) is 20.6. The molecule has 0 radical (unpaired) electrons. The van der Waals surface area contributed by atoms with Crippen LogP contribution >= 0.6 is 0 Å². The third kappa shape index (κ3) is 3.81. The molecule has 8 heteroatoms. The summed E-state index contributed by atoms with van der Waals surface area (Å²) in [5.41, 5.74) is 10.1. The smallest absolute Gasteiger partial charge is 0.225 e. The van der Waals surface area contributed by atoms with Crippen LogP contribution in [0.2, 0.25) is 0 Å². The summed E-state index contributed by atoms with van der Waals surface area (Å²) < 4.78 is 20.5. The topological polar surface area (TPSA) is 97.3 Å². The van der Waals surface area contributed by atoms with E-state index in [1.165, 1.54) is 5.56 Å². The van der Waals surface area contributed by atoms with Crippen molar-refractivity contribution in [2.45, 2.75) is 64.1 Å². The number of rotatable bonds is 5. The predicted octanol–water partition coefficient (Wildman–Crippen LogP) is 4.59. The van der Waals surface area contributed by atoms with Crippen molar-refractivity contribution in [3.05, 3.63) is 54.0 Å². The van der Waals surface area contributed by atoms with Crippen LogP contribution in [0.15, 0.2) is 42.9 Å². The van der Waals surface area contributed by atoms with E-state index in [-0.39, 0.29) is 18.2 Å². The van der Waals surface area contributed by atoms with Crippen molar-refractivity contribution >= 4 is 27.8 Å². The highest BCUT2D eigenvalue weighted by molar-refractivity contribution is 5.82. The number of ether oxygens (including phenoxy) is 3. The molecule has 2 N–H and O–H groups in total. The van der Waals surface area contributed by atoms with E-state index in [1.807, 2.05) is 26.8 Å².